The summed E-state index contributed by atoms with van der Waals surface area (Å²) in [5.74, 6) is -1.09. The van der Waals surface area contributed by atoms with E-state index in [2.05, 4.69) is 10.3 Å². The highest BCUT2D eigenvalue weighted by molar-refractivity contribution is 7.90. The fraction of sp³-hybridized carbons (Fsp3) is 0.273. The zero-order valence-corrected chi connectivity index (χ0v) is 10.9. The summed E-state index contributed by atoms with van der Waals surface area (Å²) in [6.45, 7) is 0.178. The lowest BCUT2D eigenvalue weighted by atomic mass is 10.2. The fourth-order valence-electron chi connectivity index (χ4n) is 1.48. The summed E-state index contributed by atoms with van der Waals surface area (Å²) >= 11 is 0. The van der Waals surface area contributed by atoms with Gasteiger partial charge < -0.3 is 14.8 Å². The summed E-state index contributed by atoms with van der Waals surface area (Å²) in [5.41, 5.74) is 0.944. The number of carbonyl (C=O) groups is 1. The third-order valence-electron chi connectivity index (χ3n) is 2.38. The van der Waals surface area contributed by atoms with Crippen molar-refractivity contribution in [1.29, 1.82) is 0 Å². The van der Waals surface area contributed by atoms with Gasteiger partial charge in [0.2, 0.25) is 0 Å². The first-order chi connectivity index (χ1) is 8.85. The first kappa shape index (κ1) is 13.3. The number of oxazole rings is 1. The number of nitrogens with zero attached hydrogens (tertiary/aromatic N) is 1. The van der Waals surface area contributed by atoms with Crippen LogP contribution in [0.5, 0.6) is 0 Å². The van der Waals surface area contributed by atoms with Crippen molar-refractivity contribution in [3.05, 3.63) is 23.8 Å². The van der Waals surface area contributed by atoms with Crippen LogP contribution in [0.25, 0.3) is 11.1 Å². The molecule has 8 heteroatoms. The van der Waals surface area contributed by atoms with Crippen molar-refractivity contribution in [3.63, 3.8) is 0 Å². The molecule has 0 aliphatic rings. The van der Waals surface area contributed by atoms with Crippen LogP contribution in [0.2, 0.25) is 0 Å². The van der Waals surface area contributed by atoms with Gasteiger partial charge in [-0.15, -0.1) is 0 Å². The lowest BCUT2D eigenvalue weighted by molar-refractivity contribution is 0.0697. The number of carboxylic acid groups (broad SMARTS) is 1. The van der Waals surface area contributed by atoms with Crippen LogP contribution < -0.4 is 5.32 Å². The van der Waals surface area contributed by atoms with E-state index in [1.165, 1.54) is 18.2 Å². The SMILES string of the molecule is CS(=O)(=O)CCNc1nc2ccc(C(=O)O)cc2o1. The Labute approximate surface area is 109 Å². The van der Waals surface area contributed by atoms with Gasteiger partial charge in [0.05, 0.1) is 11.3 Å². The van der Waals surface area contributed by atoms with Gasteiger partial charge in [-0.1, -0.05) is 0 Å². The minimum atomic E-state index is -3.05. The lowest BCUT2D eigenvalue weighted by Gasteiger charge is -1.98. The van der Waals surface area contributed by atoms with Crippen molar-refractivity contribution >= 4 is 32.9 Å². The van der Waals surface area contributed by atoms with Gasteiger partial charge in [-0.3, -0.25) is 0 Å². The van der Waals surface area contributed by atoms with Gasteiger partial charge in [-0.05, 0) is 18.2 Å². The average Bonchev–Trinajstić information content (AvgIpc) is 2.68. The maximum atomic E-state index is 11.0. The molecular formula is C11H12N2O5S. The molecule has 19 heavy (non-hydrogen) atoms. The van der Waals surface area contributed by atoms with Gasteiger partial charge in [0, 0.05) is 12.8 Å². The molecule has 0 radical (unpaired) electrons. The third kappa shape index (κ3) is 3.44. The fourth-order valence-corrected chi connectivity index (χ4v) is 1.95. The van der Waals surface area contributed by atoms with Crippen LogP contribution in [0.15, 0.2) is 22.6 Å². The van der Waals surface area contributed by atoms with E-state index < -0.39 is 15.8 Å². The number of fused-ring (bicyclic) bond motifs is 1. The number of anilines is 1. The van der Waals surface area contributed by atoms with Gasteiger partial charge in [-0.2, -0.15) is 4.98 Å². The summed E-state index contributed by atoms with van der Waals surface area (Å²) in [7, 11) is -3.05. The maximum Gasteiger partial charge on any atom is 0.335 e. The predicted octanol–water partition coefficient (Wildman–Crippen LogP) is 0.982. The van der Waals surface area contributed by atoms with Crippen LogP contribution >= 0.6 is 0 Å². The molecule has 1 heterocycles. The quantitative estimate of drug-likeness (QED) is 0.842. The molecule has 2 aromatic rings. The number of sulfone groups is 1. The number of carboxylic acids is 1. The monoisotopic (exact) mass is 284 g/mol. The molecule has 0 aliphatic carbocycles. The van der Waals surface area contributed by atoms with Crippen molar-refractivity contribution in [2.24, 2.45) is 0 Å². The predicted molar refractivity (Wildman–Crippen MR) is 69.2 cm³/mol. The smallest absolute Gasteiger partial charge is 0.335 e. The highest BCUT2D eigenvalue weighted by atomic mass is 32.2. The summed E-state index contributed by atoms with van der Waals surface area (Å²) < 4.78 is 27.2. The molecule has 0 saturated carbocycles. The summed E-state index contributed by atoms with van der Waals surface area (Å²) in [5, 5.41) is 11.6. The zero-order chi connectivity index (χ0) is 14.0. The number of benzene rings is 1. The molecule has 0 bridgehead atoms. The molecule has 0 atom stereocenters. The second kappa shape index (κ2) is 4.88. The van der Waals surface area contributed by atoms with Gasteiger partial charge in [0.25, 0.3) is 6.01 Å². The van der Waals surface area contributed by atoms with E-state index in [0.29, 0.717) is 11.1 Å². The van der Waals surface area contributed by atoms with Crippen molar-refractivity contribution in [3.8, 4) is 0 Å². The molecule has 0 spiro atoms. The Balaban J connectivity index is 2.15. The van der Waals surface area contributed by atoms with Gasteiger partial charge in [0.1, 0.15) is 15.4 Å². The molecule has 0 amide bonds. The normalized spacial score (nSPS) is 11.6. The Hall–Kier alpha value is -2.09. The molecule has 102 valence electrons. The topological polar surface area (TPSA) is 110 Å². The Bertz CT molecular complexity index is 720. The van der Waals surface area contributed by atoms with Crippen LogP contribution in [-0.4, -0.2) is 43.0 Å². The Morgan fingerprint density at radius 1 is 1.47 bits per heavy atom. The first-order valence-corrected chi connectivity index (χ1v) is 7.47. The van der Waals surface area contributed by atoms with E-state index in [0.717, 1.165) is 6.26 Å². The number of aromatic nitrogens is 1. The largest absolute Gasteiger partial charge is 0.478 e. The van der Waals surface area contributed by atoms with E-state index in [1.807, 2.05) is 0 Å². The number of aromatic carboxylic acids is 1. The Morgan fingerprint density at radius 3 is 2.84 bits per heavy atom. The highest BCUT2D eigenvalue weighted by Crippen LogP contribution is 2.20. The Kier molecular flexibility index (Phi) is 3.43. The van der Waals surface area contributed by atoms with Crippen molar-refractivity contribution in [2.45, 2.75) is 0 Å². The number of hydrogen-bond acceptors (Lipinski definition) is 6. The minimum Gasteiger partial charge on any atom is -0.478 e. The Morgan fingerprint density at radius 2 is 2.21 bits per heavy atom. The molecule has 2 N–H and O–H groups in total. The minimum absolute atomic E-state index is 0.0356. The summed E-state index contributed by atoms with van der Waals surface area (Å²) in [6.07, 6.45) is 1.14. The van der Waals surface area contributed by atoms with Crippen LogP contribution in [0.3, 0.4) is 0 Å². The molecule has 2 rings (SSSR count). The number of hydrogen-bond donors (Lipinski definition) is 2. The zero-order valence-electron chi connectivity index (χ0n) is 10.1. The van der Waals surface area contributed by atoms with Crippen LogP contribution in [-0.2, 0) is 9.84 Å². The molecular weight excluding hydrogens is 272 g/mol. The van der Waals surface area contributed by atoms with E-state index in [9.17, 15) is 13.2 Å². The first-order valence-electron chi connectivity index (χ1n) is 5.41. The van der Waals surface area contributed by atoms with Crippen LogP contribution in [0.1, 0.15) is 10.4 Å². The van der Waals surface area contributed by atoms with Crippen LogP contribution in [0, 0.1) is 0 Å². The molecule has 0 saturated heterocycles. The second-order valence-corrected chi connectivity index (χ2v) is 6.32. The standard InChI is InChI=1S/C11H12N2O5S/c1-19(16,17)5-4-12-11-13-8-3-2-7(10(14)15)6-9(8)18-11/h2-3,6H,4-5H2,1H3,(H,12,13)(H,14,15). The van der Waals surface area contributed by atoms with Gasteiger partial charge in [-0.25, -0.2) is 13.2 Å². The van der Waals surface area contributed by atoms with E-state index in [-0.39, 0.29) is 23.9 Å². The molecule has 7 nitrogen and oxygen atoms in total. The number of rotatable bonds is 5. The van der Waals surface area contributed by atoms with Crippen molar-refractivity contribution in [1.82, 2.24) is 4.98 Å². The van der Waals surface area contributed by atoms with Crippen LogP contribution in [0.4, 0.5) is 6.01 Å². The summed E-state index contributed by atoms with van der Waals surface area (Å²) in [4.78, 5) is 14.9. The number of nitrogens with one attached hydrogen (secondary N) is 1. The molecule has 0 unspecified atom stereocenters. The van der Waals surface area contributed by atoms with E-state index in [4.69, 9.17) is 9.52 Å². The third-order valence-corrected chi connectivity index (χ3v) is 3.33. The summed E-state index contributed by atoms with van der Waals surface area (Å²) in [6, 6.07) is 4.49. The maximum absolute atomic E-state index is 11.0. The van der Waals surface area contributed by atoms with E-state index >= 15 is 0 Å². The molecule has 1 aromatic heterocycles. The van der Waals surface area contributed by atoms with E-state index in [1.54, 1.807) is 0 Å². The average molecular weight is 284 g/mol. The van der Waals surface area contributed by atoms with Crippen molar-refractivity contribution < 1.29 is 22.7 Å². The lowest BCUT2D eigenvalue weighted by Crippen LogP contribution is -2.14. The highest BCUT2D eigenvalue weighted by Gasteiger charge is 2.10. The van der Waals surface area contributed by atoms with Gasteiger partial charge >= 0.3 is 5.97 Å². The van der Waals surface area contributed by atoms with Gasteiger partial charge in [0.15, 0.2) is 5.58 Å². The molecule has 1 aromatic carbocycles. The molecule has 0 aliphatic heterocycles. The second-order valence-electron chi connectivity index (χ2n) is 4.06. The molecule has 0 fully saturated rings. The van der Waals surface area contributed by atoms with Crippen molar-refractivity contribution in [2.75, 3.05) is 23.9 Å².